The molecule has 0 aliphatic rings. The topological polar surface area (TPSA) is 134 Å². The Morgan fingerprint density at radius 3 is 1.39 bits per heavy atom. The third-order valence-electron chi connectivity index (χ3n) is 8.15. The highest BCUT2D eigenvalue weighted by Crippen LogP contribution is 2.43. The fourth-order valence-corrected chi connectivity index (χ4v) is 5.83. The summed E-state index contributed by atoms with van der Waals surface area (Å²) in [6, 6.07) is 0. The van der Waals surface area contributed by atoms with Gasteiger partial charge in [0.25, 0.3) is 0 Å². The van der Waals surface area contributed by atoms with E-state index in [0.717, 1.165) is 103 Å². The van der Waals surface area contributed by atoms with Gasteiger partial charge >= 0.3 is 19.8 Å². The van der Waals surface area contributed by atoms with Crippen LogP contribution in [0.1, 0.15) is 142 Å². The Balaban J connectivity index is 4.29. The lowest BCUT2D eigenvalue weighted by molar-refractivity contribution is -0.161. The molecule has 0 aromatic carbocycles. The van der Waals surface area contributed by atoms with Crippen LogP contribution in [0.2, 0.25) is 0 Å². The summed E-state index contributed by atoms with van der Waals surface area (Å²) in [5.41, 5.74) is 5.34. The van der Waals surface area contributed by atoms with Crippen molar-refractivity contribution in [2.45, 2.75) is 148 Å². The number of ether oxygens (including phenoxy) is 2. The zero-order valence-corrected chi connectivity index (χ0v) is 36.2. The van der Waals surface area contributed by atoms with Crippen molar-refractivity contribution in [3.63, 3.8) is 0 Å². The molecular formula is C47H76NO8P. The molecule has 2 atom stereocenters. The lowest BCUT2D eigenvalue weighted by atomic mass is 10.1. The van der Waals surface area contributed by atoms with Gasteiger partial charge in [0, 0.05) is 19.4 Å². The van der Waals surface area contributed by atoms with Crippen LogP contribution in [0.15, 0.2) is 109 Å². The predicted octanol–water partition coefficient (Wildman–Crippen LogP) is 12.4. The smallest absolute Gasteiger partial charge is 0.462 e. The summed E-state index contributed by atoms with van der Waals surface area (Å²) in [5.74, 6) is -0.913. The molecule has 0 heterocycles. The Labute approximate surface area is 346 Å². The number of hydrogen-bond acceptors (Lipinski definition) is 8. The van der Waals surface area contributed by atoms with Crippen LogP contribution in [-0.2, 0) is 32.7 Å². The fraction of sp³-hybridized carbons (Fsp3) is 0.574. The quantitative estimate of drug-likeness (QED) is 0.0270. The zero-order chi connectivity index (χ0) is 41.8. The molecule has 0 aliphatic carbocycles. The van der Waals surface area contributed by atoms with Crippen molar-refractivity contribution in [3.05, 3.63) is 109 Å². The van der Waals surface area contributed by atoms with E-state index in [1.165, 1.54) is 0 Å². The van der Waals surface area contributed by atoms with Crippen molar-refractivity contribution in [1.29, 1.82) is 0 Å². The third kappa shape index (κ3) is 42.1. The second-order valence-corrected chi connectivity index (χ2v) is 14.9. The summed E-state index contributed by atoms with van der Waals surface area (Å²) in [7, 11) is -4.40. The van der Waals surface area contributed by atoms with Gasteiger partial charge in [-0.1, -0.05) is 142 Å². The molecule has 0 amide bonds. The summed E-state index contributed by atoms with van der Waals surface area (Å²) < 4.78 is 32.7. The van der Waals surface area contributed by atoms with E-state index in [-0.39, 0.29) is 32.6 Å². The second kappa shape index (κ2) is 42.3. The highest BCUT2D eigenvalue weighted by atomic mass is 31.2. The predicted molar refractivity (Wildman–Crippen MR) is 238 cm³/mol. The van der Waals surface area contributed by atoms with Crippen LogP contribution >= 0.6 is 7.82 Å². The van der Waals surface area contributed by atoms with Crippen LogP contribution in [0.4, 0.5) is 0 Å². The summed E-state index contributed by atoms with van der Waals surface area (Å²) in [6.45, 7) is 3.40. The Hall–Kier alpha value is -3.33. The summed E-state index contributed by atoms with van der Waals surface area (Å²) in [4.78, 5) is 34.9. The van der Waals surface area contributed by atoms with Crippen LogP contribution in [0.3, 0.4) is 0 Å². The van der Waals surface area contributed by atoms with Crippen LogP contribution in [0.25, 0.3) is 0 Å². The largest absolute Gasteiger partial charge is 0.472 e. The molecule has 2 unspecified atom stereocenters. The van der Waals surface area contributed by atoms with Gasteiger partial charge in [-0.3, -0.25) is 18.6 Å². The number of phosphoric acid groups is 1. The zero-order valence-electron chi connectivity index (χ0n) is 35.3. The van der Waals surface area contributed by atoms with Crippen LogP contribution < -0.4 is 5.73 Å². The molecule has 0 saturated carbocycles. The Bertz CT molecular complexity index is 1290. The lowest BCUT2D eigenvalue weighted by Gasteiger charge is -2.19. The van der Waals surface area contributed by atoms with Gasteiger partial charge in [-0.05, 0) is 96.3 Å². The summed E-state index contributed by atoms with van der Waals surface area (Å²) in [5, 5.41) is 0. The van der Waals surface area contributed by atoms with Gasteiger partial charge in [0.1, 0.15) is 6.61 Å². The molecule has 3 N–H and O–H groups in total. The molecule has 0 radical (unpaired) electrons. The molecule has 0 aromatic heterocycles. The van der Waals surface area contributed by atoms with Crippen molar-refractivity contribution in [3.8, 4) is 0 Å². The van der Waals surface area contributed by atoms with E-state index < -0.39 is 32.5 Å². The SMILES string of the molecule is CC/C=C\C/C=C\C/C=C\C/C=C\C/C=C\CCCCCCCC(=O)OC(COC(=O)CCCC/C=C\C/C=C\C/C=C\C/C=C\CC)COP(=O)(O)OCCN. The first kappa shape index (κ1) is 53.7. The Morgan fingerprint density at radius 2 is 0.912 bits per heavy atom. The molecule has 0 aromatic rings. The molecule has 9 nitrogen and oxygen atoms in total. The third-order valence-corrected chi connectivity index (χ3v) is 9.14. The van der Waals surface area contributed by atoms with Crippen LogP contribution in [0.5, 0.6) is 0 Å². The van der Waals surface area contributed by atoms with E-state index in [9.17, 15) is 19.0 Å². The van der Waals surface area contributed by atoms with Gasteiger partial charge in [-0.25, -0.2) is 4.57 Å². The van der Waals surface area contributed by atoms with Crippen molar-refractivity contribution in [2.75, 3.05) is 26.4 Å². The molecule has 0 spiro atoms. The maximum Gasteiger partial charge on any atom is 0.472 e. The molecular weight excluding hydrogens is 737 g/mol. The molecule has 0 fully saturated rings. The Morgan fingerprint density at radius 1 is 0.526 bits per heavy atom. The average Bonchev–Trinajstić information content (AvgIpc) is 3.20. The number of carbonyl (C=O) groups is 2. The summed E-state index contributed by atoms with van der Waals surface area (Å²) in [6.07, 6.45) is 55.5. The minimum absolute atomic E-state index is 0.0373. The highest BCUT2D eigenvalue weighted by molar-refractivity contribution is 7.47. The molecule has 0 saturated heterocycles. The number of carbonyl (C=O) groups excluding carboxylic acids is 2. The number of allylic oxidation sites excluding steroid dienone is 18. The monoisotopic (exact) mass is 814 g/mol. The molecule has 0 rings (SSSR count). The number of nitrogens with two attached hydrogens (primary N) is 1. The highest BCUT2D eigenvalue weighted by Gasteiger charge is 2.25. The number of hydrogen-bond donors (Lipinski definition) is 2. The first-order valence-electron chi connectivity index (χ1n) is 21.4. The second-order valence-electron chi connectivity index (χ2n) is 13.4. The van der Waals surface area contributed by atoms with Crippen molar-refractivity contribution < 1.29 is 37.6 Å². The van der Waals surface area contributed by atoms with E-state index >= 15 is 0 Å². The lowest BCUT2D eigenvalue weighted by Crippen LogP contribution is -2.29. The first-order chi connectivity index (χ1) is 27.8. The van der Waals surface area contributed by atoms with Gasteiger partial charge < -0.3 is 20.1 Å². The van der Waals surface area contributed by atoms with Gasteiger partial charge in [0.2, 0.25) is 0 Å². The van der Waals surface area contributed by atoms with E-state index in [1.54, 1.807) is 0 Å². The van der Waals surface area contributed by atoms with Crippen LogP contribution in [0, 0.1) is 0 Å². The Kier molecular flexibility index (Phi) is 39.8. The van der Waals surface area contributed by atoms with Crippen molar-refractivity contribution in [2.24, 2.45) is 5.73 Å². The number of esters is 2. The standard InChI is InChI=1S/C47H76NO8P/c1-3-5-7-9-11-13-15-17-19-20-21-22-23-24-26-28-30-32-34-36-38-40-47(50)56-45(44-55-57(51,52)54-42-41-48)43-53-46(49)39-37-35-33-31-29-27-25-18-16-14-12-10-8-6-4-2/h5-8,11-14,17-19,21-22,24-26,29,31,45H,3-4,9-10,15-16,20,23,27-28,30,32-44,48H2,1-2H3,(H,51,52)/b7-5-,8-6-,13-11-,14-12-,19-17-,22-21-,25-18-,26-24-,31-29-. The minimum atomic E-state index is -4.40. The molecule has 10 heteroatoms. The van der Waals surface area contributed by atoms with Gasteiger partial charge in [-0.15, -0.1) is 0 Å². The normalized spacial score (nSPS) is 14.4. The van der Waals surface area contributed by atoms with Crippen molar-refractivity contribution in [1.82, 2.24) is 0 Å². The van der Waals surface area contributed by atoms with E-state index in [4.69, 9.17) is 24.3 Å². The number of phosphoric ester groups is 1. The molecule has 57 heavy (non-hydrogen) atoms. The molecule has 0 aliphatic heterocycles. The van der Waals surface area contributed by atoms with Crippen molar-refractivity contribution >= 4 is 19.8 Å². The fourth-order valence-electron chi connectivity index (χ4n) is 5.06. The number of rotatable bonds is 38. The number of unbranched alkanes of at least 4 members (excludes halogenated alkanes) is 7. The van der Waals surface area contributed by atoms with Gasteiger partial charge in [0.15, 0.2) is 6.10 Å². The molecule has 322 valence electrons. The average molecular weight is 814 g/mol. The van der Waals surface area contributed by atoms with Crippen LogP contribution in [-0.4, -0.2) is 49.3 Å². The first-order valence-corrected chi connectivity index (χ1v) is 22.9. The summed E-state index contributed by atoms with van der Waals surface area (Å²) >= 11 is 0. The van der Waals surface area contributed by atoms with E-state index in [0.29, 0.717) is 12.8 Å². The maximum atomic E-state index is 12.6. The minimum Gasteiger partial charge on any atom is -0.462 e. The van der Waals surface area contributed by atoms with Gasteiger partial charge in [0.05, 0.1) is 13.2 Å². The molecule has 0 bridgehead atoms. The maximum absolute atomic E-state index is 12.6. The van der Waals surface area contributed by atoms with E-state index in [1.807, 2.05) is 0 Å². The van der Waals surface area contributed by atoms with Gasteiger partial charge in [-0.2, -0.15) is 0 Å². The van der Waals surface area contributed by atoms with E-state index in [2.05, 4.69) is 123 Å².